The lowest BCUT2D eigenvalue weighted by atomic mass is 9.89. The van der Waals surface area contributed by atoms with Gasteiger partial charge in [-0.15, -0.1) is 0 Å². The molecule has 0 radical (unpaired) electrons. The van der Waals surface area contributed by atoms with E-state index >= 15 is 0 Å². The first kappa shape index (κ1) is 17.5. The molecule has 0 saturated heterocycles. The maximum atomic E-state index is 12.0. The molecule has 1 amide bonds. The molecule has 122 valence electrons. The van der Waals surface area contributed by atoms with E-state index in [0.717, 1.165) is 42.1 Å². The second kappa shape index (κ2) is 7.64. The number of amides is 1. The van der Waals surface area contributed by atoms with Gasteiger partial charge >= 0.3 is 6.09 Å². The summed E-state index contributed by atoms with van der Waals surface area (Å²) in [6.07, 6.45) is 4.99. The van der Waals surface area contributed by atoms with Crippen molar-refractivity contribution in [2.45, 2.75) is 63.6 Å². The fourth-order valence-electron chi connectivity index (χ4n) is 3.48. The average molecular weight is 417 g/mol. The summed E-state index contributed by atoms with van der Waals surface area (Å²) in [4.78, 5) is 13.3. The van der Waals surface area contributed by atoms with Crippen molar-refractivity contribution in [2.24, 2.45) is 0 Å². The summed E-state index contributed by atoms with van der Waals surface area (Å²) in [5.74, 6) is 0. The first-order valence-corrected chi connectivity index (χ1v) is 9.08. The van der Waals surface area contributed by atoms with Crippen molar-refractivity contribution >= 4 is 28.7 Å². The molecule has 1 fully saturated rings. The Balaban J connectivity index is 2.45. The van der Waals surface area contributed by atoms with Gasteiger partial charge in [-0.1, -0.05) is 50.8 Å². The molecule has 1 aliphatic carbocycles. The predicted octanol–water partition coefficient (Wildman–Crippen LogP) is 4.55. The van der Waals surface area contributed by atoms with E-state index in [1.165, 1.54) is 4.90 Å². The van der Waals surface area contributed by atoms with Crippen LogP contribution in [0.15, 0.2) is 24.3 Å². The summed E-state index contributed by atoms with van der Waals surface area (Å²) in [6, 6.07) is 7.43. The van der Waals surface area contributed by atoms with E-state index in [1.807, 2.05) is 31.2 Å². The fraction of sp³-hybridized carbons (Fsp3) is 0.588. The third-order valence-electron chi connectivity index (χ3n) is 4.45. The van der Waals surface area contributed by atoms with Crippen molar-refractivity contribution in [3.05, 3.63) is 33.4 Å². The van der Waals surface area contributed by atoms with E-state index in [0.29, 0.717) is 12.0 Å². The van der Waals surface area contributed by atoms with Gasteiger partial charge in [-0.25, -0.2) is 4.79 Å². The van der Waals surface area contributed by atoms with Crippen LogP contribution < -0.4 is 0 Å². The van der Waals surface area contributed by atoms with Crippen LogP contribution >= 0.6 is 22.6 Å². The highest BCUT2D eigenvalue weighted by molar-refractivity contribution is 14.1. The molecule has 0 heterocycles. The normalized spacial score (nSPS) is 18.7. The Morgan fingerprint density at radius 3 is 2.50 bits per heavy atom. The summed E-state index contributed by atoms with van der Waals surface area (Å²) in [7, 11) is 0. The zero-order valence-electron chi connectivity index (χ0n) is 13.0. The third-order valence-corrected chi connectivity index (χ3v) is 5.39. The van der Waals surface area contributed by atoms with Crippen LogP contribution in [0.1, 0.15) is 57.4 Å². The van der Waals surface area contributed by atoms with Crippen molar-refractivity contribution in [3.8, 4) is 0 Å². The molecule has 0 spiro atoms. The van der Waals surface area contributed by atoms with Crippen LogP contribution in [-0.4, -0.2) is 27.2 Å². The minimum absolute atomic E-state index is 0.0983. The Bertz CT molecular complexity index is 516. The van der Waals surface area contributed by atoms with Gasteiger partial charge < -0.3 is 10.2 Å². The zero-order valence-corrected chi connectivity index (χ0v) is 15.1. The number of hydrogen-bond acceptors (Lipinski definition) is 2. The van der Waals surface area contributed by atoms with Gasteiger partial charge in [-0.3, -0.25) is 4.90 Å². The zero-order chi connectivity index (χ0) is 16.2. The van der Waals surface area contributed by atoms with Crippen molar-refractivity contribution in [2.75, 3.05) is 0 Å². The number of rotatable bonds is 5. The summed E-state index contributed by atoms with van der Waals surface area (Å²) in [5, 5.41) is 21.2. The second-order valence-electron chi connectivity index (χ2n) is 5.99. The van der Waals surface area contributed by atoms with E-state index in [9.17, 15) is 15.0 Å². The molecule has 5 heteroatoms. The van der Waals surface area contributed by atoms with Gasteiger partial charge in [-0.05, 0) is 47.9 Å². The summed E-state index contributed by atoms with van der Waals surface area (Å²) in [5.41, 5.74) is -0.745. The molecule has 22 heavy (non-hydrogen) atoms. The lowest BCUT2D eigenvalue weighted by Crippen LogP contribution is -2.55. The number of aliphatic hydroxyl groups is 1. The van der Waals surface area contributed by atoms with E-state index in [1.54, 1.807) is 0 Å². The Hall–Kier alpha value is -0.820. The smallest absolute Gasteiger partial charge is 0.410 e. The minimum atomic E-state index is -1.44. The van der Waals surface area contributed by atoms with E-state index in [2.05, 4.69) is 22.6 Å². The molecule has 1 saturated carbocycles. The molecule has 4 nitrogen and oxygen atoms in total. The van der Waals surface area contributed by atoms with Gasteiger partial charge in [0.15, 0.2) is 5.72 Å². The van der Waals surface area contributed by atoms with Gasteiger partial charge in [0, 0.05) is 15.2 Å². The molecule has 1 aromatic rings. The van der Waals surface area contributed by atoms with Crippen LogP contribution in [0.3, 0.4) is 0 Å². The number of benzene rings is 1. The molecular weight excluding hydrogens is 393 g/mol. The topological polar surface area (TPSA) is 60.8 Å². The monoisotopic (exact) mass is 417 g/mol. The molecule has 0 aromatic heterocycles. The van der Waals surface area contributed by atoms with Gasteiger partial charge in [0.25, 0.3) is 0 Å². The molecule has 1 aromatic carbocycles. The molecule has 1 aliphatic rings. The number of halogens is 1. The number of carbonyl (C=O) groups is 1. The maximum Gasteiger partial charge on any atom is 0.410 e. The third kappa shape index (κ3) is 3.56. The molecule has 0 unspecified atom stereocenters. The molecule has 2 N–H and O–H groups in total. The van der Waals surface area contributed by atoms with Crippen molar-refractivity contribution in [1.82, 2.24) is 4.90 Å². The Labute approximate surface area is 145 Å². The van der Waals surface area contributed by atoms with E-state index in [4.69, 9.17) is 0 Å². The number of hydrogen-bond donors (Lipinski definition) is 2. The lowest BCUT2D eigenvalue weighted by molar-refractivity contribution is -0.128. The van der Waals surface area contributed by atoms with Crippen molar-refractivity contribution in [3.63, 3.8) is 0 Å². The Morgan fingerprint density at radius 2 is 1.95 bits per heavy atom. The number of nitrogens with zero attached hydrogens (tertiary/aromatic N) is 1. The quantitative estimate of drug-likeness (QED) is 0.546. The van der Waals surface area contributed by atoms with Crippen LogP contribution in [0, 0.1) is 3.57 Å². The molecule has 0 aliphatic heterocycles. The Morgan fingerprint density at radius 1 is 1.32 bits per heavy atom. The predicted molar refractivity (Wildman–Crippen MR) is 94.7 cm³/mol. The van der Waals surface area contributed by atoms with Crippen LogP contribution in [0.5, 0.6) is 0 Å². The number of carboxylic acid groups (broad SMARTS) is 1. The van der Waals surface area contributed by atoms with E-state index in [-0.39, 0.29) is 6.04 Å². The minimum Gasteiger partial charge on any atom is -0.465 e. The highest BCUT2D eigenvalue weighted by atomic mass is 127. The van der Waals surface area contributed by atoms with Crippen LogP contribution in [0.4, 0.5) is 4.79 Å². The van der Waals surface area contributed by atoms with Crippen LogP contribution in [0.25, 0.3) is 0 Å². The van der Waals surface area contributed by atoms with Gasteiger partial charge in [0.05, 0.1) is 0 Å². The summed E-state index contributed by atoms with van der Waals surface area (Å²) >= 11 is 2.17. The van der Waals surface area contributed by atoms with Crippen LogP contribution in [-0.2, 0) is 5.72 Å². The molecule has 0 bridgehead atoms. The molecule has 1 atom stereocenters. The lowest BCUT2D eigenvalue weighted by Gasteiger charge is -2.44. The van der Waals surface area contributed by atoms with Crippen molar-refractivity contribution < 1.29 is 15.0 Å². The van der Waals surface area contributed by atoms with Crippen LogP contribution in [0.2, 0.25) is 0 Å². The van der Waals surface area contributed by atoms with E-state index < -0.39 is 11.8 Å². The van der Waals surface area contributed by atoms with Gasteiger partial charge in [0.2, 0.25) is 0 Å². The first-order chi connectivity index (χ1) is 10.5. The second-order valence-corrected chi connectivity index (χ2v) is 7.15. The highest BCUT2D eigenvalue weighted by Gasteiger charge is 2.44. The highest BCUT2D eigenvalue weighted by Crippen LogP contribution is 2.38. The van der Waals surface area contributed by atoms with Crippen molar-refractivity contribution in [1.29, 1.82) is 0 Å². The molecule has 2 rings (SSSR count). The summed E-state index contributed by atoms with van der Waals surface area (Å²) in [6.45, 7) is 1.97. The van der Waals surface area contributed by atoms with Gasteiger partial charge in [0.1, 0.15) is 0 Å². The summed E-state index contributed by atoms with van der Waals surface area (Å²) < 4.78 is 0.901. The first-order valence-electron chi connectivity index (χ1n) is 8.00. The molecular formula is C17H24INO3. The maximum absolute atomic E-state index is 12.0. The van der Waals surface area contributed by atoms with Gasteiger partial charge in [-0.2, -0.15) is 0 Å². The Kier molecular flexibility index (Phi) is 6.09. The standard InChI is InChI=1S/C17H24INO3/c1-2-12-17(22,14-10-6-7-11-15(14)18)19(16(20)21)13-8-4-3-5-9-13/h6-7,10-11,13,22H,2-5,8-9,12H2,1H3,(H,20,21)/t17-/m0/s1. The average Bonchev–Trinajstić information content (AvgIpc) is 2.48. The SMILES string of the molecule is CCC[C@](O)(c1ccccc1I)N(C(=O)O)C1CCCCC1. The fourth-order valence-corrected chi connectivity index (χ4v) is 4.29. The largest absolute Gasteiger partial charge is 0.465 e.